The minimum absolute atomic E-state index is 0.205. The van der Waals surface area contributed by atoms with Gasteiger partial charge in [-0.3, -0.25) is 0 Å². The molecule has 1 N–H and O–H groups in total. The number of halogens is 2. The quantitative estimate of drug-likeness (QED) is 0.926. The van der Waals surface area contributed by atoms with Crippen LogP contribution in [0, 0.1) is 11.6 Å². The monoisotopic (exact) mass is 289 g/mol. The standard InChI is InChI=1S/C13H17F2NO2S/c1-19(17,18)13-11(14)7-9(8-12(13)15)6-10-4-2-3-5-16-10/h7-8,10,16H,2-6H2,1H3. The maximum Gasteiger partial charge on any atom is 0.181 e. The molecule has 1 fully saturated rings. The predicted molar refractivity (Wildman–Crippen MR) is 68.8 cm³/mol. The fourth-order valence-electron chi connectivity index (χ4n) is 2.47. The highest BCUT2D eigenvalue weighted by Crippen LogP contribution is 2.22. The Balaban J connectivity index is 2.24. The van der Waals surface area contributed by atoms with Gasteiger partial charge in [-0.25, -0.2) is 17.2 Å². The van der Waals surface area contributed by atoms with Gasteiger partial charge in [0.25, 0.3) is 0 Å². The maximum atomic E-state index is 13.7. The van der Waals surface area contributed by atoms with Gasteiger partial charge in [0.15, 0.2) is 9.84 Å². The molecule has 3 nitrogen and oxygen atoms in total. The number of hydrogen-bond acceptors (Lipinski definition) is 3. The Morgan fingerprint density at radius 3 is 2.37 bits per heavy atom. The lowest BCUT2D eigenvalue weighted by Gasteiger charge is -2.23. The molecule has 6 heteroatoms. The zero-order valence-corrected chi connectivity index (χ0v) is 11.6. The van der Waals surface area contributed by atoms with Gasteiger partial charge in [0.05, 0.1) is 0 Å². The summed E-state index contributed by atoms with van der Waals surface area (Å²) in [5.41, 5.74) is 0.488. The molecule has 1 aliphatic heterocycles. The Kier molecular flexibility index (Phi) is 4.20. The van der Waals surface area contributed by atoms with Gasteiger partial charge in [0.2, 0.25) is 0 Å². The second-order valence-electron chi connectivity index (χ2n) is 5.01. The van der Waals surface area contributed by atoms with Crippen molar-refractivity contribution in [2.24, 2.45) is 0 Å². The van der Waals surface area contributed by atoms with Gasteiger partial charge in [-0.15, -0.1) is 0 Å². The number of sulfone groups is 1. The van der Waals surface area contributed by atoms with E-state index >= 15 is 0 Å². The van der Waals surface area contributed by atoms with E-state index in [4.69, 9.17) is 0 Å². The van der Waals surface area contributed by atoms with E-state index in [-0.39, 0.29) is 6.04 Å². The van der Waals surface area contributed by atoms with Crippen molar-refractivity contribution in [3.05, 3.63) is 29.3 Å². The molecule has 1 atom stereocenters. The summed E-state index contributed by atoms with van der Waals surface area (Å²) in [5.74, 6) is -2.01. The van der Waals surface area contributed by atoms with E-state index in [1.165, 1.54) is 0 Å². The van der Waals surface area contributed by atoms with Crippen molar-refractivity contribution >= 4 is 9.84 Å². The number of benzene rings is 1. The molecule has 1 heterocycles. The summed E-state index contributed by atoms with van der Waals surface area (Å²) >= 11 is 0. The van der Waals surface area contributed by atoms with Crippen LogP contribution in [0.15, 0.2) is 17.0 Å². The van der Waals surface area contributed by atoms with Gasteiger partial charge in [-0.05, 0) is 43.5 Å². The fourth-order valence-corrected chi connectivity index (χ4v) is 3.29. The van der Waals surface area contributed by atoms with E-state index in [1.807, 2.05) is 0 Å². The third kappa shape index (κ3) is 3.51. The van der Waals surface area contributed by atoms with E-state index < -0.39 is 26.4 Å². The molecule has 106 valence electrons. The zero-order chi connectivity index (χ0) is 14.0. The molecule has 0 bridgehead atoms. The first-order chi connectivity index (χ1) is 8.88. The van der Waals surface area contributed by atoms with Crippen molar-refractivity contribution < 1.29 is 17.2 Å². The van der Waals surface area contributed by atoms with Crippen LogP contribution in [0.3, 0.4) is 0 Å². The molecule has 0 aliphatic carbocycles. The smallest absolute Gasteiger partial charge is 0.181 e. The molecule has 0 aromatic heterocycles. The molecular weight excluding hydrogens is 272 g/mol. The predicted octanol–water partition coefficient (Wildman–Crippen LogP) is 2.05. The van der Waals surface area contributed by atoms with Crippen LogP contribution in [-0.4, -0.2) is 27.3 Å². The molecule has 0 radical (unpaired) electrons. The van der Waals surface area contributed by atoms with Crippen LogP contribution in [0.4, 0.5) is 8.78 Å². The van der Waals surface area contributed by atoms with Gasteiger partial charge in [0, 0.05) is 12.3 Å². The molecule has 0 spiro atoms. The van der Waals surface area contributed by atoms with Crippen molar-refractivity contribution in [1.29, 1.82) is 0 Å². The Hall–Kier alpha value is -1.01. The molecule has 0 amide bonds. The second kappa shape index (κ2) is 5.54. The van der Waals surface area contributed by atoms with Crippen LogP contribution in [0.5, 0.6) is 0 Å². The lowest BCUT2D eigenvalue weighted by atomic mass is 9.98. The van der Waals surface area contributed by atoms with E-state index in [0.717, 1.165) is 44.2 Å². The van der Waals surface area contributed by atoms with E-state index in [1.54, 1.807) is 0 Å². The summed E-state index contributed by atoms with van der Waals surface area (Å²) in [4.78, 5) is -0.840. The Labute approximate surface area is 111 Å². The van der Waals surface area contributed by atoms with E-state index in [0.29, 0.717) is 12.0 Å². The Morgan fingerprint density at radius 2 is 1.89 bits per heavy atom. The van der Waals surface area contributed by atoms with E-state index in [9.17, 15) is 17.2 Å². The molecule has 1 aromatic carbocycles. The average molecular weight is 289 g/mol. The van der Waals surface area contributed by atoms with Crippen LogP contribution in [0.1, 0.15) is 24.8 Å². The largest absolute Gasteiger partial charge is 0.314 e. The first-order valence-electron chi connectivity index (χ1n) is 6.29. The van der Waals surface area contributed by atoms with Gasteiger partial charge in [0.1, 0.15) is 16.5 Å². The zero-order valence-electron chi connectivity index (χ0n) is 10.7. The van der Waals surface area contributed by atoms with Gasteiger partial charge in [-0.1, -0.05) is 6.42 Å². The Morgan fingerprint density at radius 1 is 1.26 bits per heavy atom. The first kappa shape index (κ1) is 14.4. The van der Waals surface area contributed by atoms with Crippen molar-refractivity contribution in [1.82, 2.24) is 5.32 Å². The molecule has 1 aliphatic rings. The fraction of sp³-hybridized carbons (Fsp3) is 0.538. The highest BCUT2D eigenvalue weighted by atomic mass is 32.2. The average Bonchev–Trinajstić information content (AvgIpc) is 2.27. The van der Waals surface area contributed by atoms with Crippen LogP contribution in [0.25, 0.3) is 0 Å². The number of rotatable bonds is 3. The Bertz CT molecular complexity index is 543. The lowest BCUT2D eigenvalue weighted by Crippen LogP contribution is -2.35. The summed E-state index contributed by atoms with van der Waals surface area (Å²) in [5, 5.41) is 3.29. The summed E-state index contributed by atoms with van der Waals surface area (Å²) < 4.78 is 50.0. The third-order valence-corrected chi connectivity index (χ3v) is 4.45. The lowest BCUT2D eigenvalue weighted by molar-refractivity contribution is 0.398. The van der Waals surface area contributed by atoms with Gasteiger partial charge < -0.3 is 5.32 Å². The van der Waals surface area contributed by atoms with Crippen LogP contribution < -0.4 is 5.32 Å². The summed E-state index contributed by atoms with van der Waals surface area (Å²) in [6.45, 7) is 0.914. The van der Waals surface area contributed by atoms with Crippen molar-refractivity contribution in [2.75, 3.05) is 12.8 Å². The summed E-state index contributed by atoms with van der Waals surface area (Å²) in [6, 6.07) is 2.45. The molecule has 1 aromatic rings. The van der Waals surface area contributed by atoms with Gasteiger partial charge >= 0.3 is 0 Å². The normalized spacial score (nSPS) is 20.5. The maximum absolute atomic E-state index is 13.7. The molecule has 2 rings (SSSR count). The molecule has 1 saturated heterocycles. The number of nitrogens with one attached hydrogen (secondary N) is 1. The SMILES string of the molecule is CS(=O)(=O)c1c(F)cc(CC2CCCCN2)cc1F. The third-order valence-electron chi connectivity index (χ3n) is 3.32. The first-order valence-corrected chi connectivity index (χ1v) is 8.18. The van der Waals surface area contributed by atoms with Crippen LogP contribution in [-0.2, 0) is 16.3 Å². The topological polar surface area (TPSA) is 46.2 Å². The summed E-state index contributed by atoms with van der Waals surface area (Å²) in [6.07, 6.45) is 4.50. The summed E-state index contributed by atoms with van der Waals surface area (Å²) in [7, 11) is -3.88. The van der Waals surface area contributed by atoms with Crippen LogP contribution >= 0.6 is 0 Å². The second-order valence-corrected chi connectivity index (χ2v) is 6.96. The van der Waals surface area contributed by atoms with E-state index in [2.05, 4.69) is 5.32 Å². The van der Waals surface area contributed by atoms with Crippen molar-refractivity contribution in [3.8, 4) is 0 Å². The molecule has 0 saturated carbocycles. The van der Waals surface area contributed by atoms with Crippen molar-refractivity contribution in [3.63, 3.8) is 0 Å². The number of piperidine rings is 1. The highest BCUT2D eigenvalue weighted by molar-refractivity contribution is 7.90. The van der Waals surface area contributed by atoms with Crippen molar-refractivity contribution in [2.45, 2.75) is 36.6 Å². The number of hydrogen-bond donors (Lipinski definition) is 1. The minimum atomic E-state index is -3.88. The highest BCUT2D eigenvalue weighted by Gasteiger charge is 2.22. The molecular formula is C13H17F2NO2S. The minimum Gasteiger partial charge on any atom is -0.314 e. The molecule has 1 unspecified atom stereocenters. The van der Waals surface area contributed by atoms with Crippen LogP contribution in [0.2, 0.25) is 0 Å². The molecule has 19 heavy (non-hydrogen) atoms. The van der Waals surface area contributed by atoms with Gasteiger partial charge in [-0.2, -0.15) is 0 Å².